The average molecular weight is 251 g/mol. The highest BCUT2D eigenvalue weighted by molar-refractivity contribution is 6.44. The number of nitrogens with zero attached hydrogens (tertiary/aromatic N) is 1. The molecule has 0 aliphatic carbocycles. The zero-order chi connectivity index (χ0) is 12.7. The van der Waals surface area contributed by atoms with E-state index in [9.17, 15) is 4.79 Å². The number of para-hydroxylation sites is 1. The smallest absolute Gasteiger partial charge is 0.503 e. The third-order valence-electron chi connectivity index (χ3n) is 1.92. The molecule has 0 saturated heterocycles. The lowest BCUT2D eigenvalue weighted by atomic mass is 10.3. The summed E-state index contributed by atoms with van der Waals surface area (Å²) in [4.78, 5) is 11.4. The minimum Gasteiger partial charge on any atom is -0.503 e. The molecule has 0 heterocycles. The van der Waals surface area contributed by atoms with Crippen molar-refractivity contribution in [1.82, 2.24) is 4.57 Å². The summed E-state index contributed by atoms with van der Waals surface area (Å²) in [6.07, 6.45) is 3.03. The van der Waals surface area contributed by atoms with E-state index in [1.165, 1.54) is 6.08 Å². The Morgan fingerprint density at radius 2 is 1.94 bits per heavy atom. The highest BCUT2D eigenvalue weighted by atomic mass is 28.3. The van der Waals surface area contributed by atoms with Crippen LogP contribution in [0.1, 0.15) is 6.92 Å². The van der Waals surface area contributed by atoms with Crippen LogP contribution in [0.5, 0.6) is 5.75 Å². The second-order valence-corrected chi connectivity index (χ2v) is 5.76. The summed E-state index contributed by atoms with van der Waals surface area (Å²) in [5.74, 6) is 0.347. The van der Waals surface area contributed by atoms with E-state index in [-0.39, 0.29) is 5.97 Å². The first-order valence-electron chi connectivity index (χ1n) is 5.35. The normalized spacial score (nSPS) is 12.7. The molecule has 92 valence electrons. The molecule has 1 rings (SSSR count). The second-order valence-electron chi connectivity index (χ2n) is 3.64. The standard InChI is InChI=1S/C12H17NO3Si/c1-4-8-12(14)16-17(13(2)3)15-11-9-6-5-7-10-11/h4-10,17H,1-3H3. The van der Waals surface area contributed by atoms with Crippen molar-refractivity contribution in [3.05, 3.63) is 42.5 Å². The van der Waals surface area contributed by atoms with Gasteiger partial charge in [-0.3, -0.25) is 4.57 Å². The SMILES string of the molecule is CC=CC(=O)O[SiH](Oc1ccccc1)N(C)C. The number of carbonyl (C=O) groups excluding carboxylic acids is 1. The third-order valence-corrected chi connectivity index (χ3v) is 3.67. The van der Waals surface area contributed by atoms with E-state index in [4.69, 9.17) is 8.85 Å². The molecular formula is C12H17NO3Si. The molecule has 17 heavy (non-hydrogen) atoms. The van der Waals surface area contributed by atoms with Gasteiger partial charge >= 0.3 is 15.4 Å². The fourth-order valence-corrected chi connectivity index (χ4v) is 2.26. The van der Waals surface area contributed by atoms with Crippen LogP contribution in [0.25, 0.3) is 0 Å². The van der Waals surface area contributed by atoms with Crippen molar-refractivity contribution in [2.24, 2.45) is 0 Å². The number of allylic oxidation sites excluding steroid dienone is 1. The summed E-state index contributed by atoms with van der Waals surface area (Å²) in [6, 6.07) is 9.35. The molecule has 0 N–H and O–H groups in total. The minimum absolute atomic E-state index is 0.367. The van der Waals surface area contributed by atoms with Gasteiger partial charge in [0, 0.05) is 6.08 Å². The largest absolute Gasteiger partial charge is 0.540 e. The van der Waals surface area contributed by atoms with Gasteiger partial charge in [-0.15, -0.1) is 0 Å². The average Bonchev–Trinajstić information content (AvgIpc) is 2.29. The Morgan fingerprint density at radius 3 is 2.47 bits per heavy atom. The van der Waals surface area contributed by atoms with E-state index in [1.54, 1.807) is 13.0 Å². The van der Waals surface area contributed by atoms with Crippen LogP contribution in [0.4, 0.5) is 0 Å². The first-order valence-corrected chi connectivity index (χ1v) is 6.81. The maximum Gasteiger partial charge on any atom is 0.540 e. The Hall–Kier alpha value is -1.59. The van der Waals surface area contributed by atoms with Crippen molar-refractivity contribution in [3.8, 4) is 5.75 Å². The Labute approximate surface area is 103 Å². The second kappa shape index (κ2) is 6.88. The summed E-state index contributed by atoms with van der Waals surface area (Å²) in [7, 11) is 1.48. The zero-order valence-electron chi connectivity index (χ0n) is 10.3. The molecule has 0 saturated carbocycles. The van der Waals surface area contributed by atoms with E-state index in [1.807, 2.05) is 49.0 Å². The number of hydrogen-bond acceptors (Lipinski definition) is 4. The molecule has 1 unspecified atom stereocenters. The fourth-order valence-electron chi connectivity index (χ4n) is 1.13. The quantitative estimate of drug-likeness (QED) is 0.587. The molecule has 1 atom stereocenters. The summed E-state index contributed by atoms with van der Waals surface area (Å²) >= 11 is 0. The molecule has 0 bridgehead atoms. The highest BCUT2D eigenvalue weighted by Crippen LogP contribution is 2.10. The lowest BCUT2D eigenvalue weighted by Crippen LogP contribution is -2.43. The van der Waals surface area contributed by atoms with Gasteiger partial charge in [0.25, 0.3) is 0 Å². The number of benzene rings is 1. The van der Waals surface area contributed by atoms with Crippen LogP contribution in [0.15, 0.2) is 42.5 Å². The monoisotopic (exact) mass is 251 g/mol. The van der Waals surface area contributed by atoms with Crippen LogP contribution in [0.2, 0.25) is 0 Å². The van der Waals surface area contributed by atoms with Gasteiger partial charge in [-0.1, -0.05) is 24.3 Å². The Kier molecular flexibility index (Phi) is 5.45. The van der Waals surface area contributed by atoms with Gasteiger partial charge in [-0.2, -0.15) is 0 Å². The van der Waals surface area contributed by atoms with Gasteiger partial charge in [-0.05, 0) is 33.2 Å². The van der Waals surface area contributed by atoms with Crippen molar-refractivity contribution in [3.63, 3.8) is 0 Å². The maximum absolute atomic E-state index is 11.4. The van der Waals surface area contributed by atoms with Crippen LogP contribution in [-0.2, 0) is 9.22 Å². The van der Waals surface area contributed by atoms with E-state index < -0.39 is 9.45 Å². The summed E-state index contributed by atoms with van der Waals surface area (Å²) in [5, 5.41) is 0. The van der Waals surface area contributed by atoms with Crippen LogP contribution in [0.3, 0.4) is 0 Å². The Morgan fingerprint density at radius 1 is 1.29 bits per heavy atom. The molecule has 0 aromatic heterocycles. The lowest BCUT2D eigenvalue weighted by molar-refractivity contribution is -0.130. The van der Waals surface area contributed by atoms with Gasteiger partial charge in [0.2, 0.25) is 0 Å². The van der Waals surface area contributed by atoms with Crippen LogP contribution >= 0.6 is 0 Å². The molecule has 5 heteroatoms. The van der Waals surface area contributed by atoms with Crippen LogP contribution in [-0.4, -0.2) is 34.1 Å². The van der Waals surface area contributed by atoms with E-state index in [0.29, 0.717) is 5.75 Å². The molecule has 0 aliphatic rings. The minimum atomic E-state index is -2.19. The van der Waals surface area contributed by atoms with E-state index >= 15 is 0 Å². The van der Waals surface area contributed by atoms with Crippen molar-refractivity contribution < 1.29 is 13.6 Å². The molecule has 1 aromatic rings. The lowest BCUT2D eigenvalue weighted by Gasteiger charge is -2.21. The summed E-state index contributed by atoms with van der Waals surface area (Å²) < 4.78 is 12.8. The first-order chi connectivity index (χ1) is 8.13. The third kappa shape index (κ3) is 4.84. The van der Waals surface area contributed by atoms with E-state index in [2.05, 4.69) is 0 Å². The number of rotatable bonds is 5. The molecule has 1 aromatic carbocycles. The molecule has 4 nitrogen and oxygen atoms in total. The topological polar surface area (TPSA) is 38.8 Å². The van der Waals surface area contributed by atoms with Gasteiger partial charge in [0.15, 0.2) is 0 Å². The first kappa shape index (κ1) is 13.5. The summed E-state index contributed by atoms with van der Waals surface area (Å²) in [5.41, 5.74) is 0. The number of carbonyl (C=O) groups is 1. The predicted octanol–water partition coefficient (Wildman–Crippen LogP) is 1.46. The molecule has 0 aliphatic heterocycles. The maximum atomic E-state index is 11.4. The van der Waals surface area contributed by atoms with Crippen molar-refractivity contribution in [1.29, 1.82) is 0 Å². The van der Waals surface area contributed by atoms with Crippen LogP contribution in [0, 0.1) is 0 Å². The molecule has 0 spiro atoms. The van der Waals surface area contributed by atoms with Gasteiger partial charge < -0.3 is 8.85 Å². The Bertz CT molecular complexity index is 379. The van der Waals surface area contributed by atoms with Gasteiger partial charge in [0.1, 0.15) is 5.75 Å². The van der Waals surface area contributed by atoms with Gasteiger partial charge in [-0.25, -0.2) is 4.79 Å². The Balaban J connectivity index is 2.64. The van der Waals surface area contributed by atoms with Gasteiger partial charge in [0.05, 0.1) is 0 Å². The van der Waals surface area contributed by atoms with Crippen LogP contribution < -0.4 is 4.43 Å². The fraction of sp³-hybridized carbons (Fsp3) is 0.250. The molecule has 0 fully saturated rings. The highest BCUT2D eigenvalue weighted by Gasteiger charge is 2.22. The van der Waals surface area contributed by atoms with Crippen molar-refractivity contribution >= 4 is 15.4 Å². The number of hydrogen-bond donors (Lipinski definition) is 0. The van der Waals surface area contributed by atoms with Crippen molar-refractivity contribution in [2.75, 3.05) is 14.1 Å². The summed E-state index contributed by atoms with van der Waals surface area (Å²) in [6.45, 7) is 1.77. The molecule has 0 amide bonds. The molecular weight excluding hydrogens is 234 g/mol. The van der Waals surface area contributed by atoms with Crippen molar-refractivity contribution in [2.45, 2.75) is 6.92 Å². The molecule has 0 radical (unpaired) electrons. The van der Waals surface area contributed by atoms with E-state index in [0.717, 1.165) is 0 Å². The zero-order valence-corrected chi connectivity index (χ0v) is 11.4. The predicted molar refractivity (Wildman–Crippen MR) is 68.8 cm³/mol.